The van der Waals surface area contributed by atoms with E-state index in [1.54, 1.807) is 0 Å². The van der Waals surface area contributed by atoms with Crippen molar-refractivity contribution in [1.82, 2.24) is 4.90 Å². The third kappa shape index (κ3) is 3.82. The Morgan fingerprint density at radius 3 is 2.73 bits per heavy atom. The maximum atomic E-state index is 12.6. The van der Waals surface area contributed by atoms with Gasteiger partial charge in [0.1, 0.15) is 11.9 Å². The minimum Gasteiger partial charge on any atom is -0.488 e. The van der Waals surface area contributed by atoms with Crippen LogP contribution in [-0.4, -0.2) is 40.4 Å². The number of aliphatic hydroxyl groups is 1. The summed E-state index contributed by atoms with van der Waals surface area (Å²) in [7, 11) is 0. The highest BCUT2D eigenvalue weighted by Gasteiger charge is 2.31. The van der Waals surface area contributed by atoms with E-state index >= 15 is 0 Å². The summed E-state index contributed by atoms with van der Waals surface area (Å²) in [5.41, 5.74) is -0.831. The molecule has 8 heteroatoms. The van der Waals surface area contributed by atoms with Gasteiger partial charge in [-0.25, -0.2) is 4.79 Å². The number of likely N-dealkylation sites (tertiary alicyclic amines) is 1. The quantitative estimate of drug-likeness (QED) is 0.899. The number of alkyl halides is 3. The highest BCUT2D eigenvalue weighted by atomic mass is 19.4. The maximum absolute atomic E-state index is 12.6. The van der Waals surface area contributed by atoms with Gasteiger partial charge in [-0.2, -0.15) is 13.2 Å². The molecule has 0 aliphatic carbocycles. The Morgan fingerprint density at radius 1 is 1.41 bits per heavy atom. The molecule has 22 heavy (non-hydrogen) atoms. The lowest BCUT2D eigenvalue weighted by Gasteiger charge is -2.31. The first-order chi connectivity index (χ1) is 10.3. The van der Waals surface area contributed by atoms with Crippen LogP contribution < -0.4 is 4.74 Å². The molecule has 1 fully saturated rings. The Morgan fingerprint density at radius 2 is 2.14 bits per heavy atom. The van der Waals surface area contributed by atoms with Crippen LogP contribution in [0.5, 0.6) is 5.75 Å². The molecule has 0 saturated carbocycles. The van der Waals surface area contributed by atoms with Gasteiger partial charge in [0, 0.05) is 12.1 Å². The van der Waals surface area contributed by atoms with Crippen molar-refractivity contribution in [2.45, 2.75) is 31.7 Å². The molecule has 0 bridgehead atoms. The number of carboxylic acid groups (broad SMARTS) is 1. The number of nitrogens with zero attached hydrogens (tertiary/aromatic N) is 1. The molecular weight excluding hydrogens is 303 g/mol. The molecule has 2 rings (SSSR count). The van der Waals surface area contributed by atoms with Gasteiger partial charge >= 0.3 is 12.3 Å². The monoisotopic (exact) mass is 319 g/mol. The van der Waals surface area contributed by atoms with Gasteiger partial charge in [-0.05, 0) is 31.0 Å². The van der Waals surface area contributed by atoms with E-state index in [9.17, 15) is 23.1 Å². The molecule has 5 nitrogen and oxygen atoms in total. The maximum Gasteiger partial charge on any atom is 0.416 e. The molecule has 1 atom stereocenters. The van der Waals surface area contributed by atoms with E-state index in [2.05, 4.69) is 0 Å². The molecule has 1 unspecified atom stereocenters. The zero-order valence-electron chi connectivity index (χ0n) is 11.6. The van der Waals surface area contributed by atoms with Crippen molar-refractivity contribution < 1.29 is 32.9 Å². The van der Waals surface area contributed by atoms with Crippen molar-refractivity contribution in [3.63, 3.8) is 0 Å². The fourth-order valence-corrected chi connectivity index (χ4v) is 2.38. The Hall–Kier alpha value is -1.96. The summed E-state index contributed by atoms with van der Waals surface area (Å²) in [6.07, 6.45) is -4.76. The molecule has 1 aromatic rings. The van der Waals surface area contributed by atoms with Crippen LogP contribution in [0.15, 0.2) is 18.2 Å². The Kier molecular flexibility index (Phi) is 4.80. The fraction of sp³-hybridized carbons (Fsp3) is 0.500. The standard InChI is InChI=1S/C14H16F3NO4/c15-14(16,17)10-3-4-12(9(6-10)8-19)22-11-2-1-5-18(7-11)13(20)21/h3-4,6,11,19H,1-2,5,7-8H2,(H,20,21). The van der Waals surface area contributed by atoms with Crippen molar-refractivity contribution in [2.75, 3.05) is 13.1 Å². The van der Waals surface area contributed by atoms with Crippen molar-refractivity contribution in [3.8, 4) is 5.75 Å². The SMILES string of the molecule is O=C(O)N1CCCC(Oc2ccc(C(F)(F)F)cc2CO)C1. The summed E-state index contributed by atoms with van der Waals surface area (Å²) in [5, 5.41) is 18.2. The van der Waals surface area contributed by atoms with Crippen LogP contribution in [0.4, 0.5) is 18.0 Å². The topological polar surface area (TPSA) is 70.0 Å². The zero-order valence-corrected chi connectivity index (χ0v) is 11.6. The fourth-order valence-electron chi connectivity index (χ4n) is 2.38. The van der Waals surface area contributed by atoms with Gasteiger partial charge < -0.3 is 19.8 Å². The third-order valence-corrected chi connectivity index (χ3v) is 3.50. The highest BCUT2D eigenvalue weighted by Crippen LogP contribution is 2.33. The lowest BCUT2D eigenvalue weighted by molar-refractivity contribution is -0.137. The summed E-state index contributed by atoms with van der Waals surface area (Å²) >= 11 is 0. The first-order valence-corrected chi connectivity index (χ1v) is 6.76. The summed E-state index contributed by atoms with van der Waals surface area (Å²) in [5.74, 6) is 0.146. The lowest BCUT2D eigenvalue weighted by Crippen LogP contribution is -2.43. The van der Waals surface area contributed by atoms with Crippen LogP contribution in [-0.2, 0) is 12.8 Å². The number of amides is 1. The molecule has 1 aliphatic rings. The molecule has 0 spiro atoms. The van der Waals surface area contributed by atoms with E-state index in [0.29, 0.717) is 19.4 Å². The lowest BCUT2D eigenvalue weighted by atomic mass is 10.1. The Balaban J connectivity index is 2.14. The first-order valence-electron chi connectivity index (χ1n) is 6.76. The van der Waals surface area contributed by atoms with E-state index < -0.39 is 30.5 Å². The minimum absolute atomic E-state index is 0.0299. The average Bonchev–Trinajstić information content (AvgIpc) is 2.46. The van der Waals surface area contributed by atoms with Crippen LogP contribution >= 0.6 is 0 Å². The van der Waals surface area contributed by atoms with E-state index in [1.807, 2.05) is 0 Å². The van der Waals surface area contributed by atoms with Gasteiger partial charge in [0.15, 0.2) is 0 Å². The number of rotatable bonds is 3. The smallest absolute Gasteiger partial charge is 0.416 e. The van der Waals surface area contributed by atoms with Crippen LogP contribution in [0, 0.1) is 0 Å². The van der Waals surface area contributed by atoms with Crippen molar-refractivity contribution in [1.29, 1.82) is 0 Å². The third-order valence-electron chi connectivity index (χ3n) is 3.50. The highest BCUT2D eigenvalue weighted by molar-refractivity contribution is 5.65. The number of carbonyl (C=O) groups is 1. The number of aliphatic hydroxyl groups excluding tert-OH is 1. The largest absolute Gasteiger partial charge is 0.488 e. The normalized spacial score (nSPS) is 19.1. The van der Waals surface area contributed by atoms with E-state index in [4.69, 9.17) is 9.84 Å². The molecule has 1 saturated heterocycles. The van der Waals surface area contributed by atoms with Gasteiger partial charge in [-0.3, -0.25) is 0 Å². The first kappa shape index (κ1) is 16.4. The van der Waals surface area contributed by atoms with Gasteiger partial charge in [-0.15, -0.1) is 0 Å². The Bertz CT molecular complexity index is 547. The molecule has 1 aromatic carbocycles. The number of piperidine rings is 1. The van der Waals surface area contributed by atoms with Crippen LogP contribution in [0.3, 0.4) is 0 Å². The number of benzene rings is 1. The predicted molar refractivity (Wildman–Crippen MR) is 70.6 cm³/mol. The molecular formula is C14H16F3NO4. The molecule has 0 aromatic heterocycles. The average molecular weight is 319 g/mol. The van der Waals surface area contributed by atoms with E-state index in [0.717, 1.165) is 18.2 Å². The van der Waals surface area contributed by atoms with Crippen molar-refractivity contribution in [3.05, 3.63) is 29.3 Å². The summed E-state index contributed by atoms with van der Waals surface area (Å²) in [6, 6.07) is 2.88. The van der Waals surface area contributed by atoms with Crippen molar-refractivity contribution in [2.24, 2.45) is 0 Å². The summed E-state index contributed by atoms with van der Waals surface area (Å²) < 4.78 is 43.5. The molecule has 122 valence electrons. The second kappa shape index (κ2) is 6.43. The number of halogens is 3. The molecule has 1 amide bonds. The number of hydrogen-bond acceptors (Lipinski definition) is 3. The van der Waals surface area contributed by atoms with E-state index in [-0.39, 0.29) is 17.9 Å². The summed E-state index contributed by atoms with van der Waals surface area (Å²) in [6.45, 7) is -0.0229. The zero-order chi connectivity index (χ0) is 16.3. The van der Waals surface area contributed by atoms with Gasteiger partial charge in [0.2, 0.25) is 0 Å². The second-order valence-electron chi connectivity index (χ2n) is 5.09. The van der Waals surface area contributed by atoms with Gasteiger partial charge in [-0.1, -0.05) is 0 Å². The van der Waals surface area contributed by atoms with E-state index in [1.165, 1.54) is 4.90 Å². The summed E-state index contributed by atoms with van der Waals surface area (Å²) in [4.78, 5) is 12.1. The number of ether oxygens (including phenoxy) is 1. The second-order valence-corrected chi connectivity index (χ2v) is 5.09. The molecule has 1 heterocycles. The van der Waals surface area contributed by atoms with Crippen LogP contribution in [0.25, 0.3) is 0 Å². The van der Waals surface area contributed by atoms with Crippen LogP contribution in [0.2, 0.25) is 0 Å². The molecule has 0 radical (unpaired) electrons. The predicted octanol–water partition coefficient (Wildman–Crippen LogP) is 2.72. The van der Waals surface area contributed by atoms with Crippen LogP contribution in [0.1, 0.15) is 24.0 Å². The van der Waals surface area contributed by atoms with Gasteiger partial charge in [0.25, 0.3) is 0 Å². The van der Waals surface area contributed by atoms with Crippen molar-refractivity contribution >= 4 is 6.09 Å². The Labute approximate surface area is 124 Å². The van der Waals surface area contributed by atoms with Gasteiger partial charge in [0.05, 0.1) is 18.7 Å². The minimum atomic E-state index is -4.49. The number of hydrogen-bond donors (Lipinski definition) is 2. The molecule has 1 aliphatic heterocycles. The molecule has 2 N–H and O–H groups in total.